The van der Waals surface area contributed by atoms with E-state index in [0.29, 0.717) is 5.56 Å². The predicted molar refractivity (Wildman–Crippen MR) is 112 cm³/mol. The highest BCUT2D eigenvalue weighted by Gasteiger charge is 2.14. The molecule has 31 heavy (non-hydrogen) atoms. The van der Waals surface area contributed by atoms with Crippen LogP contribution in [0.5, 0.6) is 0 Å². The van der Waals surface area contributed by atoms with Crippen LogP contribution in [0.4, 0.5) is 5.69 Å². The minimum Gasteiger partial charge on any atom is -0.478 e. The summed E-state index contributed by atoms with van der Waals surface area (Å²) >= 11 is 0. The highest BCUT2D eigenvalue weighted by atomic mass is 16.4. The smallest absolute Gasteiger partial charge is 0.335 e. The van der Waals surface area contributed by atoms with Gasteiger partial charge in [-0.25, -0.2) is 9.59 Å². The third kappa shape index (κ3) is 5.54. The fourth-order valence-corrected chi connectivity index (χ4v) is 2.80. The van der Waals surface area contributed by atoms with Crippen molar-refractivity contribution < 1.29 is 29.4 Å². The molecule has 0 saturated carbocycles. The second-order valence-electron chi connectivity index (χ2n) is 6.61. The van der Waals surface area contributed by atoms with E-state index in [-0.39, 0.29) is 34.8 Å². The SMILES string of the molecule is O=C(O)c1cc(NC(=O)c2ccc(CNC(=O)c3ccccc3)cc2)cc(C(=O)O)c1. The topological polar surface area (TPSA) is 133 Å². The van der Waals surface area contributed by atoms with Gasteiger partial charge in [0.15, 0.2) is 0 Å². The van der Waals surface area contributed by atoms with E-state index < -0.39 is 17.8 Å². The van der Waals surface area contributed by atoms with Gasteiger partial charge in [0.25, 0.3) is 11.8 Å². The molecule has 0 aliphatic rings. The largest absolute Gasteiger partial charge is 0.478 e. The molecule has 3 aromatic carbocycles. The Morgan fingerprint density at radius 3 is 1.74 bits per heavy atom. The number of benzene rings is 3. The van der Waals surface area contributed by atoms with Gasteiger partial charge >= 0.3 is 11.9 Å². The second kappa shape index (κ2) is 9.36. The molecule has 0 radical (unpaired) electrons. The third-order valence-corrected chi connectivity index (χ3v) is 4.39. The maximum atomic E-state index is 12.5. The molecular formula is C23H18N2O6. The zero-order valence-corrected chi connectivity index (χ0v) is 16.2. The number of nitrogens with one attached hydrogen (secondary N) is 2. The predicted octanol–water partition coefficient (Wildman–Crippen LogP) is 3.27. The number of hydrogen-bond acceptors (Lipinski definition) is 4. The number of rotatable bonds is 7. The molecule has 8 heteroatoms. The Bertz CT molecular complexity index is 1110. The summed E-state index contributed by atoms with van der Waals surface area (Å²) in [7, 11) is 0. The molecule has 3 aromatic rings. The van der Waals surface area contributed by atoms with Crippen molar-refractivity contribution in [1.29, 1.82) is 0 Å². The van der Waals surface area contributed by atoms with Gasteiger partial charge in [-0.05, 0) is 48.0 Å². The number of carboxylic acids is 2. The molecule has 0 spiro atoms. The lowest BCUT2D eigenvalue weighted by Gasteiger charge is -2.09. The number of hydrogen-bond donors (Lipinski definition) is 4. The molecule has 156 valence electrons. The highest BCUT2D eigenvalue weighted by molar-refractivity contribution is 6.05. The first-order chi connectivity index (χ1) is 14.8. The normalized spacial score (nSPS) is 10.2. The number of carbonyl (C=O) groups is 4. The first-order valence-corrected chi connectivity index (χ1v) is 9.18. The Morgan fingerprint density at radius 1 is 0.645 bits per heavy atom. The summed E-state index contributed by atoms with van der Waals surface area (Å²) in [5.74, 6) is -3.35. The molecule has 0 aliphatic heterocycles. The van der Waals surface area contributed by atoms with Gasteiger partial charge in [0, 0.05) is 23.4 Å². The van der Waals surface area contributed by atoms with Gasteiger partial charge in [0.1, 0.15) is 0 Å². The summed E-state index contributed by atoms with van der Waals surface area (Å²) in [6.07, 6.45) is 0. The number of aromatic carboxylic acids is 2. The fourth-order valence-electron chi connectivity index (χ4n) is 2.80. The number of carbonyl (C=O) groups excluding carboxylic acids is 2. The van der Waals surface area contributed by atoms with Crippen molar-refractivity contribution in [3.63, 3.8) is 0 Å². The number of carboxylic acid groups (broad SMARTS) is 2. The zero-order chi connectivity index (χ0) is 22.4. The van der Waals surface area contributed by atoms with Crippen molar-refractivity contribution in [2.45, 2.75) is 6.54 Å². The molecule has 0 aliphatic carbocycles. The number of amides is 2. The average Bonchev–Trinajstić information content (AvgIpc) is 2.78. The van der Waals surface area contributed by atoms with E-state index in [1.807, 2.05) is 6.07 Å². The number of anilines is 1. The minimum atomic E-state index is -1.31. The van der Waals surface area contributed by atoms with Crippen LogP contribution in [-0.4, -0.2) is 34.0 Å². The summed E-state index contributed by atoms with van der Waals surface area (Å²) in [4.78, 5) is 46.9. The zero-order valence-electron chi connectivity index (χ0n) is 16.2. The summed E-state index contributed by atoms with van der Waals surface area (Å²) in [5.41, 5.74) is 1.17. The van der Waals surface area contributed by atoms with Crippen molar-refractivity contribution >= 4 is 29.4 Å². The van der Waals surface area contributed by atoms with E-state index in [2.05, 4.69) is 10.6 Å². The second-order valence-corrected chi connectivity index (χ2v) is 6.61. The van der Waals surface area contributed by atoms with Crippen LogP contribution in [0, 0.1) is 0 Å². The Morgan fingerprint density at radius 2 is 1.19 bits per heavy atom. The molecule has 8 nitrogen and oxygen atoms in total. The maximum absolute atomic E-state index is 12.5. The highest BCUT2D eigenvalue weighted by Crippen LogP contribution is 2.17. The molecule has 0 aromatic heterocycles. The summed E-state index contributed by atoms with van der Waals surface area (Å²) in [6, 6.07) is 18.6. The monoisotopic (exact) mass is 418 g/mol. The lowest BCUT2D eigenvalue weighted by molar-refractivity contribution is 0.0696. The first-order valence-electron chi connectivity index (χ1n) is 9.18. The van der Waals surface area contributed by atoms with Crippen molar-refractivity contribution in [2.75, 3.05) is 5.32 Å². The maximum Gasteiger partial charge on any atom is 0.335 e. The lowest BCUT2D eigenvalue weighted by Crippen LogP contribution is -2.22. The van der Waals surface area contributed by atoms with Gasteiger partial charge in [-0.1, -0.05) is 30.3 Å². The summed E-state index contributed by atoms with van der Waals surface area (Å²) in [6.45, 7) is 0.276. The molecule has 0 bridgehead atoms. The molecule has 0 saturated heterocycles. The van der Waals surface area contributed by atoms with Crippen molar-refractivity contribution in [2.24, 2.45) is 0 Å². The van der Waals surface area contributed by atoms with E-state index in [0.717, 1.165) is 11.6 Å². The van der Waals surface area contributed by atoms with Crippen LogP contribution >= 0.6 is 0 Å². The van der Waals surface area contributed by atoms with E-state index in [1.165, 1.54) is 12.1 Å². The van der Waals surface area contributed by atoms with Crippen molar-refractivity contribution in [3.05, 3.63) is 101 Å². The van der Waals surface area contributed by atoms with Crippen LogP contribution in [0.1, 0.15) is 47.0 Å². The molecule has 4 N–H and O–H groups in total. The van der Waals surface area contributed by atoms with Gasteiger partial charge in [-0.3, -0.25) is 9.59 Å². The van der Waals surface area contributed by atoms with Crippen LogP contribution in [0.3, 0.4) is 0 Å². The van der Waals surface area contributed by atoms with Crippen LogP contribution in [0.2, 0.25) is 0 Å². The Hall–Kier alpha value is -4.46. The van der Waals surface area contributed by atoms with E-state index in [9.17, 15) is 19.2 Å². The third-order valence-electron chi connectivity index (χ3n) is 4.39. The van der Waals surface area contributed by atoms with Crippen LogP contribution in [-0.2, 0) is 6.54 Å². The van der Waals surface area contributed by atoms with Gasteiger partial charge < -0.3 is 20.8 Å². The molecule has 0 heterocycles. The van der Waals surface area contributed by atoms with Gasteiger partial charge in [-0.15, -0.1) is 0 Å². The molecule has 3 rings (SSSR count). The summed E-state index contributed by atoms with van der Waals surface area (Å²) in [5, 5.41) is 23.5. The fraction of sp³-hybridized carbons (Fsp3) is 0.0435. The quantitative estimate of drug-likeness (QED) is 0.465. The average molecular weight is 418 g/mol. The summed E-state index contributed by atoms with van der Waals surface area (Å²) < 4.78 is 0. The molecule has 0 atom stereocenters. The van der Waals surface area contributed by atoms with Gasteiger partial charge in [0.05, 0.1) is 11.1 Å². The van der Waals surface area contributed by atoms with Gasteiger partial charge in [0.2, 0.25) is 0 Å². The Kier molecular flexibility index (Phi) is 6.42. The first kappa shape index (κ1) is 21.3. The minimum absolute atomic E-state index is 0.0569. The molecule has 0 unspecified atom stereocenters. The Balaban J connectivity index is 1.66. The van der Waals surface area contributed by atoms with Crippen LogP contribution < -0.4 is 10.6 Å². The van der Waals surface area contributed by atoms with E-state index in [1.54, 1.807) is 48.5 Å². The van der Waals surface area contributed by atoms with Crippen LogP contribution in [0.25, 0.3) is 0 Å². The molecule has 0 fully saturated rings. The van der Waals surface area contributed by atoms with E-state index >= 15 is 0 Å². The standard InChI is InChI=1S/C23H18N2O6/c26-20(15-4-2-1-3-5-15)24-13-14-6-8-16(9-7-14)21(27)25-19-11-17(22(28)29)10-18(12-19)23(30)31/h1-12H,13H2,(H,24,26)(H,25,27)(H,28,29)(H,30,31). The van der Waals surface area contributed by atoms with Crippen molar-refractivity contribution in [3.8, 4) is 0 Å². The molecular weight excluding hydrogens is 400 g/mol. The molecule has 2 amide bonds. The van der Waals surface area contributed by atoms with Crippen LogP contribution in [0.15, 0.2) is 72.8 Å². The van der Waals surface area contributed by atoms with Crippen molar-refractivity contribution in [1.82, 2.24) is 5.32 Å². The lowest BCUT2D eigenvalue weighted by atomic mass is 10.1. The van der Waals surface area contributed by atoms with Gasteiger partial charge in [-0.2, -0.15) is 0 Å². The van der Waals surface area contributed by atoms with E-state index in [4.69, 9.17) is 10.2 Å². The Labute approximate surface area is 177 Å².